The lowest BCUT2D eigenvalue weighted by atomic mass is 10.2. The number of hydrogen-bond donors (Lipinski definition) is 1. The van der Waals surface area contributed by atoms with Crippen LogP contribution in [0.25, 0.3) is 11.4 Å². The normalized spacial score (nSPS) is 11.6. The third-order valence-corrected chi connectivity index (χ3v) is 5.00. The van der Waals surface area contributed by atoms with E-state index in [0.717, 1.165) is 17.3 Å². The fourth-order valence-electron chi connectivity index (χ4n) is 2.28. The van der Waals surface area contributed by atoms with E-state index in [1.165, 1.54) is 0 Å². The van der Waals surface area contributed by atoms with E-state index in [-0.39, 0.29) is 16.6 Å². The molecule has 1 amide bonds. The number of alkyl halides is 3. The van der Waals surface area contributed by atoms with Gasteiger partial charge in [0.2, 0.25) is 5.91 Å². The maximum atomic E-state index is 12.6. The highest BCUT2D eigenvalue weighted by Crippen LogP contribution is 2.32. The molecule has 148 valence electrons. The Kier molecular flexibility index (Phi) is 5.66. The third-order valence-electron chi connectivity index (χ3n) is 3.69. The van der Waals surface area contributed by atoms with Crippen LogP contribution in [0.3, 0.4) is 0 Å². The Morgan fingerprint density at radius 3 is 2.75 bits per heavy atom. The summed E-state index contributed by atoms with van der Waals surface area (Å²) in [5.74, 6) is 0.570. The van der Waals surface area contributed by atoms with Gasteiger partial charge in [-0.05, 0) is 19.1 Å². The number of nitrogens with zero attached hydrogens (tertiary/aromatic N) is 4. The van der Waals surface area contributed by atoms with Gasteiger partial charge in [0.15, 0.2) is 16.8 Å². The number of aryl methyl sites for hydroxylation is 1. The fraction of sp³-hybridized carbons (Fsp3) is 0.250. The number of aromatic nitrogens is 4. The third kappa shape index (κ3) is 4.30. The van der Waals surface area contributed by atoms with Crippen molar-refractivity contribution in [3.63, 3.8) is 0 Å². The second-order valence-corrected chi connectivity index (χ2v) is 6.99. The second kappa shape index (κ2) is 7.84. The van der Waals surface area contributed by atoms with E-state index in [0.29, 0.717) is 29.0 Å². The predicted molar refractivity (Wildman–Crippen MR) is 97.0 cm³/mol. The van der Waals surface area contributed by atoms with Crippen molar-refractivity contribution < 1.29 is 22.4 Å². The number of carbonyl (C=O) groups is 1. The van der Waals surface area contributed by atoms with Crippen LogP contribution in [0.5, 0.6) is 0 Å². The maximum Gasteiger partial charge on any atom is 0.417 e. The summed E-state index contributed by atoms with van der Waals surface area (Å²) < 4.78 is 44.8. The van der Waals surface area contributed by atoms with Gasteiger partial charge in [-0.1, -0.05) is 23.4 Å². The lowest BCUT2D eigenvalue weighted by Gasteiger charge is -2.10. The SMILES string of the molecule is Cc1occc1-c1nnc(SCC(=O)Nc2ncc(C(F)(F)F)cc2Cl)n1C. The van der Waals surface area contributed by atoms with Gasteiger partial charge in [-0.15, -0.1) is 10.2 Å². The Morgan fingerprint density at radius 1 is 1.39 bits per heavy atom. The first-order valence-electron chi connectivity index (χ1n) is 7.76. The molecule has 1 N–H and O–H groups in total. The van der Waals surface area contributed by atoms with E-state index in [1.807, 2.05) is 0 Å². The lowest BCUT2D eigenvalue weighted by molar-refractivity contribution is -0.137. The van der Waals surface area contributed by atoms with Crippen molar-refractivity contribution in [2.24, 2.45) is 7.05 Å². The summed E-state index contributed by atoms with van der Waals surface area (Å²) in [5, 5.41) is 10.7. The monoisotopic (exact) mass is 431 g/mol. The standard InChI is InChI=1S/C16H13ClF3N5O2S/c1-8-10(3-4-27-8)14-23-24-15(25(14)2)28-7-12(26)22-13-11(17)5-9(6-21-13)16(18,19)20/h3-6H,7H2,1-2H3,(H,21,22,26). The zero-order valence-corrected chi connectivity index (χ0v) is 16.1. The van der Waals surface area contributed by atoms with E-state index in [2.05, 4.69) is 20.5 Å². The molecule has 0 aliphatic heterocycles. The van der Waals surface area contributed by atoms with Gasteiger partial charge in [0, 0.05) is 13.2 Å². The van der Waals surface area contributed by atoms with Crippen LogP contribution in [0.1, 0.15) is 11.3 Å². The van der Waals surface area contributed by atoms with Crippen LogP contribution in [0.15, 0.2) is 34.2 Å². The molecule has 3 aromatic heterocycles. The average Bonchev–Trinajstić information content (AvgIpc) is 3.19. The molecule has 3 aromatic rings. The van der Waals surface area contributed by atoms with Crippen molar-refractivity contribution in [2.45, 2.75) is 18.3 Å². The van der Waals surface area contributed by atoms with Crippen molar-refractivity contribution >= 4 is 35.1 Å². The van der Waals surface area contributed by atoms with Crippen molar-refractivity contribution in [2.75, 3.05) is 11.1 Å². The van der Waals surface area contributed by atoms with Crippen molar-refractivity contribution in [1.82, 2.24) is 19.7 Å². The first kappa shape index (κ1) is 20.2. The molecule has 0 fully saturated rings. The number of furan rings is 1. The Hall–Kier alpha value is -2.53. The fourth-order valence-corrected chi connectivity index (χ4v) is 3.20. The Balaban J connectivity index is 1.64. The van der Waals surface area contributed by atoms with E-state index < -0.39 is 17.6 Å². The first-order chi connectivity index (χ1) is 13.2. The highest BCUT2D eigenvalue weighted by atomic mass is 35.5. The molecule has 0 saturated carbocycles. The van der Waals surface area contributed by atoms with Crippen molar-refractivity contribution in [1.29, 1.82) is 0 Å². The van der Waals surface area contributed by atoms with E-state index in [1.54, 1.807) is 30.9 Å². The summed E-state index contributed by atoms with van der Waals surface area (Å²) in [5.41, 5.74) is -0.210. The van der Waals surface area contributed by atoms with Gasteiger partial charge in [0.05, 0.1) is 28.2 Å². The molecule has 12 heteroatoms. The van der Waals surface area contributed by atoms with Crippen LogP contribution in [0.2, 0.25) is 5.02 Å². The molecule has 28 heavy (non-hydrogen) atoms. The predicted octanol–water partition coefficient (Wildman–Crippen LogP) is 4.18. The van der Waals surface area contributed by atoms with Crippen LogP contribution >= 0.6 is 23.4 Å². The van der Waals surface area contributed by atoms with Gasteiger partial charge in [0.25, 0.3) is 0 Å². The summed E-state index contributed by atoms with van der Waals surface area (Å²) in [6, 6.07) is 2.47. The molecule has 3 heterocycles. The molecular weight excluding hydrogens is 419 g/mol. The molecule has 0 spiro atoms. The quantitative estimate of drug-likeness (QED) is 0.610. The molecule has 0 aliphatic carbocycles. The number of anilines is 1. The molecule has 0 aliphatic rings. The van der Waals surface area contributed by atoms with Crippen LogP contribution in [0, 0.1) is 6.92 Å². The zero-order chi connectivity index (χ0) is 20.5. The number of pyridine rings is 1. The lowest BCUT2D eigenvalue weighted by Crippen LogP contribution is -2.16. The van der Waals surface area contributed by atoms with Crippen molar-refractivity contribution in [3.8, 4) is 11.4 Å². The molecule has 0 bridgehead atoms. The molecule has 0 unspecified atom stereocenters. The van der Waals surface area contributed by atoms with Gasteiger partial charge < -0.3 is 14.3 Å². The highest BCUT2D eigenvalue weighted by molar-refractivity contribution is 7.99. The maximum absolute atomic E-state index is 12.6. The zero-order valence-electron chi connectivity index (χ0n) is 14.5. The number of rotatable bonds is 5. The first-order valence-corrected chi connectivity index (χ1v) is 9.12. The van der Waals surface area contributed by atoms with Crippen LogP contribution in [-0.2, 0) is 18.0 Å². The van der Waals surface area contributed by atoms with Crippen LogP contribution in [0.4, 0.5) is 19.0 Å². The van der Waals surface area contributed by atoms with Gasteiger partial charge in [-0.25, -0.2) is 4.98 Å². The average molecular weight is 432 g/mol. The summed E-state index contributed by atoms with van der Waals surface area (Å²) in [6.07, 6.45) is -2.41. The van der Waals surface area contributed by atoms with Crippen LogP contribution in [-0.4, -0.2) is 31.4 Å². The number of thioether (sulfide) groups is 1. The summed E-state index contributed by atoms with van der Waals surface area (Å²) in [7, 11) is 1.75. The van der Waals surface area contributed by atoms with Gasteiger partial charge in [-0.3, -0.25) is 4.79 Å². The highest BCUT2D eigenvalue weighted by Gasteiger charge is 2.31. The Labute approximate surface area is 166 Å². The largest absolute Gasteiger partial charge is 0.469 e. The second-order valence-electron chi connectivity index (χ2n) is 5.64. The number of hydrogen-bond acceptors (Lipinski definition) is 6. The molecular formula is C16H13ClF3N5O2S. The van der Waals surface area contributed by atoms with Gasteiger partial charge in [-0.2, -0.15) is 13.2 Å². The number of amides is 1. The van der Waals surface area contributed by atoms with E-state index in [9.17, 15) is 18.0 Å². The minimum atomic E-state index is -4.56. The summed E-state index contributed by atoms with van der Waals surface area (Å²) in [4.78, 5) is 15.7. The molecule has 0 aromatic carbocycles. The van der Waals surface area contributed by atoms with Gasteiger partial charge in [0.1, 0.15) is 5.76 Å². The molecule has 7 nitrogen and oxygen atoms in total. The Bertz CT molecular complexity index is 1020. The van der Waals surface area contributed by atoms with E-state index in [4.69, 9.17) is 16.0 Å². The van der Waals surface area contributed by atoms with Crippen LogP contribution < -0.4 is 5.32 Å². The molecule has 0 radical (unpaired) electrons. The molecule has 0 saturated heterocycles. The van der Waals surface area contributed by atoms with Crippen molar-refractivity contribution in [3.05, 3.63) is 40.9 Å². The topological polar surface area (TPSA) is 85.8 Å². The summed E-state index contributed by atoms with van der Waals surface area (Å²) >= 11 is 6.89. The number of nitrogens with one attached hydrogen (secondary N) is 1. The van der Waals surface area contributed by atoms with E-state index >= 15 is 0 Å². The minimum absolute atomic E-state index is 0.0601. The summed E-state index contributed by atoms with van der Waals surface area (Å²) in [6.45, 7) is 1.80. The minimum Gasteiger partial charge on any atom is -0.469 e. The molecule has 3 rings (SSSR count). The molecule has 0 atom stereocenters. The Morgan fingerprint density at radius 2 is 2.14 bits per heavy atom. The van der Waals surface area contributed by atoms with Gasteiger partial charge >= 0.3 is 6.18 Å². The number of halogens is 4. The number of carbonyl (C=O) groups excluding carboxylic acids is 1. The smallest absolute Gasteiger partial charge is 0.417 e.